The molecule has 0 bridgehead atoms. The molecular formula is C11H17N3O3S. The Kier molecular flexibility index (Phi) is 3.22. The molecule has 7 heteroatoms. The van der Waals surface area contributed by atoms with Gasteiger partial charge >= 0.3 is 0 Å². The van der Waals surface area contributed by atoms with Gasteiger partial charge in [-0.2, -0.15) is 0 Å². The van der Waals surface area contributed by atoms with Gasteiger partial charge in [-0.3, -0.25) is 0 Å². The summed E-state index contributed by atoms with van der Waals surface area (Å²) in [6.07, 6.45) is 1.65. The molecule has 1 aliphatic carbocycles. The lowest BCUT2D eigenvalue weighted by Crippen LogP contribution is -2.28. The van der Waals surface area contributed by atoms with Crippen LogP contribution in [-0.4, -0.2) is 32.7 Å². The van der Waals surface area contributed by atoms with Gasteiger partial charge in [0.25, 0.3) is 0 Å². The van der Waals surface area contributed by atoms with Crippen LogP contribution in [0.2, 0.25) is 0 Å². The molecule has 0 radical (unpaired) electrons. The fourth-order valence-corrected chi connectivity index (χ4v) is 2.65. The van der Waals surface area contributed by atoms with Gasteiger partial charge in [0.05, 0.1) is 17.8 Å². The Morgan fingerprint density at radius 2 is 2.11 bits per heavy atom. The average molecular weight is 271 g/mol. The van der Waals surface area contributed by atoms with E-state index in [-0.39, 0.29) is 17.0 Å². The second-order valence-corrected chi connectivity index (χ2v) is 6.38. The summed E-state index contributed by atoms with van der Waals surface area (Å²) < 4.78 is 26.1. The van der Waals surface area contributed by atoms with E-state index in [0.29, 0.717) is 11.4 Å². The lowest BCUT2D eigenvalue weighted by molar-refractivity contribution is 0.266. The highest BCUT2D eigenvalue weighted by Crippen LogP contribution is 2.40. The monoisotopic (exact) mass is 271 g/mol. The molecule has 0 heterocycles. The van der Waals surface area contributed by atoms with E-state index in [0.717, 1.165) is 12.8 Å². The van der Waals surface area contributed by atoms with Crippen LogP contribution in [0.3, 0.4) is 0 Å². The first-order chi connectivity index (χ1) is 8.42. The Labute approximate surface area is 106 Å². The lowest BCUT2D eigenvalue weighted by atomic mass is 10.2. The zero-order valence-corrected chi connectivity index (χ0v) is 10.9. The average Bonchev–Trinajstić information content (AvgIpc) is 3.12. The minimum Gasteiger partial charge on any atom is -0.399 e. The number of hydrogen-bond acceptors (Lipinski definition) is 5. The molecular weight excluding hydrogens is 254 g/mol. The number of hydrogen-bond donors (Lipinski definition) is 4. The predicted octanol–water partition coefficient (Wildman–Crippen LogP) is 0.114. The Bertz CT molecular complexity index is 553. The normalized spacial score (nSPS) is 17.4. The highest BCUT2D eigenvalue weighted by molar-refractivity contribution is 7.89. The van der Waals surface area contributed by atoms with Gasteiger partial charge in [-0.05, 0) is 38.1 Å². The van der Waals surface area contributed by atoms with E-state index in [4.69, 9.17) is 5.73 Å². The molecule has 0 aliphatic heterocycles. The van der Waals surface area contributed by atoms with Gasteiger partial charge in [0, 0.05) is 5.69 Å². The van der Waals surface area contributed by atoms with Crippen LogP contribution in [0.15, 0.2) is 23.1 Å². The van der Waals surface area contributed by atoms with E-state index in [2.05, 4.69) is 10.0 Å². The van der Waals surface area contributed by atoms with Crippen LogP contribution in [0.4, 0.5) is 11.4 Å². The van der Waals surface area contributed by atoms with Crippen LogP contribution >= 0.6 is 0 Å². The van der Waals surface area contributed by atoms with E-state index >= 15 is 0 Å². The maximum atomic E-state index is 11.9. The maximum Gasteiger partial charge on any atom is 0.242 e. The van der Waals surface area contributed by atoms with E-state index < -0.39 is 10.0 Å². The molecule has 0 unspecified atom stereocenters. The van der Waals surface area contributed by atoms with Crippen molar-refractivity contribution in [3.63, 3.8) is 0 Å². The molecule has 0 spiro atoms. The molecule has 1 aliphatic rings. The van der Waals surface area contributed by atoms with Crippen molar-refractivity contribution in [3.8, 4) is 0 Å². The summed E-state index contributed by atoms with van der Waals surface area (Å²) in [7, 11) is -2.23. The highest BCUT2D eigenvalue weighted by atomic mass is 32.2. The minimum atomic E-state index is -3.58. The molecule has 5 N–H and O–H groups in total. The molecule has 6 nitrogen and oxygen atoms in total. The first-order valence-electron chi connectivity index (χ1n) is 5.65. The van der Waals surface area contributed by atoms with Crippen LogP contribution in [0.1, 0.15) is 12.8 Å². The Balaban J connectivity index is 2.41. The first-order valence-corrected chi connectivity index (χ1v) is 7.13. The third kappa shape index (κ3) is 2.43. The smallest absolute Gasteiger partial charge is 0.242 e. The van der Waals surface area contributed by atoms with Gasteiger partial charge < -0.3 is 16.2 Å². The van der Waals surface area contributed by atoms with Gasteiger partial charge in [-0.1, -0.05) is 0 Å². The second kappa shape index (κ2) is 4.42. The zero-order chi connectivity index (χ0) is 13.4. The molecule has 1 saturated carbocycles. The number of rotatable bonds is 5. The number of sulfonamides is 1. The third-order valence-electron chi connectivity index (χ3n) is 3.12. The largest absolute Gasteiger partial charge is 0.399 e. The van der Waals surface area contributed by atoms with Crippen molar-refractivity contribution in [3.05, 3.63) is 18.2 Å². The summed E-state index contributed by atoms with van der Waals surface area (Å²) in [5.41, 5.74) is 6.08. The maximum absolute atomic E-state index is 11.9. The topological polar surface area (TPSA) is 104 Å². The van der Waals surface area contributed by atoms with Crippen LogP contribution in [0, 0.1) is 0 Å². The van der Waals surface area contributed by atoms with Crippen molar-refractivity contribution < 1.29 is 13.5 Å². The van der Waals surface area contributed by atoms with Gasteiger partial charge in [-0.15, -0.1) is 0 Å². The fraction of sp³-hybridized carbons (Fsp3) is 0.455. The number of anilines is 2. The van der Waals surface area contributed by atoms with Crippen molar-refractivity contribution in [2.45, 2.75) is 23.3 Å². The van der Waals surface area contributed by atoms with Crippen molar-refractivity contribution >= 4 is 21.4 Å². The first kappa shape index (κ1) is 13.1. The number of aliphatic hydroxyl groups is 1. The SMILES string of the molecule is CNS(=O)(=O)c1cc(N)ccc1NC1(CO)CC1. The number of nitrogen functional groups attached to an aromatic ring is 1. The summed E-state index contributed by atoms with van der Waals surface area (Å²) in [6, 6.07) is 4.65. The molecule has 0 amide bonds. The Morgan fingerprint density at radius 3 is 2.61 bits per heavy atom. The molecule has 100 valence electrons. The molecule has 2 rings (SSSR count). The van der Waals surface area contributed by atoms with Crippen molar-refractivity contribution in [2.75, 3.05) is 24.7 Å². The molecule has 0 saturated heterocycles. The van der Waals surface area contributed by atoms with Gasteiger partial charge in [0.15, 0.2) is 0 Å². The standard InChI is InChI=1S/C11H17N3O3S/c1-13-18(16,17)10-6-8(12)2-3-9(10)14-11(7-15)4-5-11/h2-3,6,13-15H,4-5,7,12H2,1H3. The van der Waals surface area contributed by atoms with E-state index in [1.54, 1.807) is 12.1 Å². The molecule has 1 aromatic rings. The Hall–Kier alpha value is -1.31. The summed E-state index contributed by atoms with van der Waals surface area (Å²) in [5.74, 6) is 0. The fourth-order valence-electron chi connectivity index (χ4n) is 1.73. The van der Waals surface area contributed by atoms with Gasteiger partial charge in [0.1, 0.15) is 4.90 Å². The third-order valence-corrected chi connectivity index (χ3v) is 4.57. The van der Waals surface area contributed by atoms with Crippen LogP contribution in [-0.2, 0) is 10.0 Å². The predicted molar refractivity (Wildman–Crippen MR) is 69.8 cm³/mol. The molecule has 0 atom stereocenters. The van der Waals surface area contributed by atoms with Crippen molar-refractivity contribution in [1.82, 2.24) is 4.72 Å². The number of aliphatic hydroxyl groups excluding tert-OH is 1. The van der Waals surface area contributed by atoms with Crippen LogP contribution in [0.25, 0.3) is 0 Å². The molecule has 0 aromatic heterocycles. The molecule has 1 fully saturated rings. The number of benzene rings is 1. The molecule has 18 heavy (non-hydrogen) atoms. The summed E-state index contributed by atoms with van der Waals surface area (Å²) in [5, 5.41) is 12.4. The highest BCUT2D eigenvalue weighted by Gasteiger charge is 2.42. The minimum absolute atomic E-state index is 0.0174. The van der Waals surface area contributed by atoms with Crippen molar-refractivity contribution in [2.24, 2.45) is 0 Å². The van der Waals surface area contributed by atoms with Crippen LogP contribution < -0.4 is 15.8 Å². The Morgan fingerprint density at radius 1 is 1.44 bits per heavy atom. The van der Waals surface area contributed by atoms with Gasteiger partial charge in [-0.25, -0.2) is 13.1 Å². The zero-order valence-electron chi connectivity index (χ0n) is 10.1. The van der Waals surface area contributed by atoms with Gasteiger partial charge in [0.2, 0.25) is 10.0 Å². The van der Waals surface area contributed by atoms with E-state index in [1.165, 1.54) is 13.1 Å². The summed E-state index contributed by atoms with van der Waals surface area (Å²) in [4.78, 5) is 0.102. The quantitative estimate of drug-likeness (QED) is 0.569. The number of nitrogens with one attached hydrogen (secondary N) is 2. The van der Waals surface area contributed by atoms with Crippen molar-refractivity contribution in [1.29, 1.82) is 0 Å². The lowest BCUT2D eigenvalue weighted by Gasteiger charge is -2.19. The summed E-state index contributed by atoms with van der Waals surface area (Å²) in [6.45, 7) is -0.0174. The van der Waals surface area contributed by atoms with E-state index in [1.807, 2.05) is 0 Å². The number of nitrogens with two attached hydrogens (primary N) is 1. The van der Waals surface area contributed by atoms with E-state index in [9.17, 15) is 13.5 Å². The summed E-state index contributed by atoms with van der Waals surface area (Å²) >= 11 is 0. The molecule has 1 aromatic carbocycles. The second-order valence-electron chi connectivity index (χ2n) is 4.53. The van der Waals surface area contributed by atoms with Crippen LogP contribution in [0.5, 0.6) is 0 Å².